The van der Waals surface area contributed by atoms with E-state index in [1.54, 1.807) is 0 Å². The Morgan fingerprint density at radius 2 is 1.50 bits per heavy atom. The molecule has 1 aliphatic carbocycles. The van der Waals surface area contributed by atoms with E-state index in [1.165, 1.54) is 64.5 Å². The molecule has 0 aromatic carbocycles. The lowest BCUT2D eigenvalue weighted by Gasteiger charge is -2.25. The molecule has 1 saturated heterocycles. The highest BCUT2D eigenvalue weighted by atomic mass is 15.2. The summed E-state index contributed by atoms with van der Waals surface area (Å²) in [7, 11) is 0. The minimum Gasteiger partial charge on any atom is -0.363 e. The maximum Gasteiger partial charge on any atom is 0.0853 e. The molecule has 0 bridgehead atoms. The van der Waals surface area contributed by atoms with Crippen molar-refractivity contribution in [1.82, 2.24) is 4.90 Å². The lowest BCUT2D eigenvalue weighted by Crippen LogP contribution is -2.29. The smallest absolute Gasteiger partial charge is 0.0853 e. The minimum absolute atomic E-state index is 0.644. The molecule has 1 heterocycles. The first-order valence-corrected chi connectivity index (χ1v) is 6.22. The molecule has 2 aliphatic rings. The Labute approximate surface area is 87.4 Å². The van der Waals surface area contributed by atoms with Crippen LogP contribution in [0.25, 0.3) is 0 Å². The molecule has 2 nitrogen and oxygen atoms in total. The van der Waals surface area contributed by atoms with Crippen LogP contribution in [0, 0.1) is 0 Å². The van der Waals surface area contributed by atoms with Crippen LogP contribution >= 0.6 is 0 Å². The van der Waals surface area contributed by atoms with Gasteiger partial charge in [-0.05, 0) is 32.1 Å². The summed E-state index contributed by atoms with van der Waals surface area (Å²) >= 11 is 0. The Bertz CT molecular complexity index is 157. The average molecular weight is 194 g/mol. The van der Waals surface area contributed by atoms with Gasteiger partial charge in [-0.2, -0.15) is 0 Å². The summed E-state index contributed by atoms with van der Waals surface area (Å²) < 4.78 is 0. The molecular weight excluding hydrogens is 172 g/mol. The highest BCUT2D eigenvalue weighted by Gasteiger charge is 2.12. The van der Waals surface area contributed by atoms with Gasteiger partial charge in [-0.15, -0.1) is 0 Å². The molecule has 14 heavy (non-hydrogen) atoms. The van der Waals surface area contributed by atoms with Crippen LogP contribution in [0.2, 0.25) is 0 Å². The predicted molar refractivity (Wildman–Crippen MR) is 60.8 cm³/mol. The summed E-state index contributed by atoms with van der Waals surface area (Å²) in [6, 6.07) is 0.644. The summed E-state index contributed by atoms with van der Waals surface area (Å²) in [4.78, 5) is 7.11. The van der Waals surface area contributed by atoms with Crippen molar-refractivity contribution in [2.24, 2.45) is 4.99 Å². The molecule has 1 saturated carbocycles. The van der Waals surface area contributed by atoms with Crippen LogP contribution in [0.5, 0.6) is 0 Å². The van der Waals surface area contributed by atoms with E-state index in [1.807, 2.05) is 0 Å². The van der Waals surface area contributed by atoms with Crippen molar-refractivity contribution in [2.45, 2.75) is 57.4 Å². The molecule has 0 aromatic heterocycles. The van der Waals surface area contributed by atoms with Crippen molar-refractivity contribution in [3.8, 4) is 0 Å². The fourth-order valence-electron chi connectivity index (χ4n) is 2.45. The van der Waals surface area contributed by atoms with Gasteiger partial charge < -0.3 is 4.90 Å². The molecule has 0 aromatic rings. The fraction of sp³-hybridized carbons (Fsp3) is 0.917. The van der Waals surface area contributed by atoms with Gasteiger partial charge in [-0.3, -0.25) is 4.99 Å². The first-order chi connectivity index (χ1) is 6.95. The zero-order valence-corrected chi connectivity index (χ0v) is 9.12. The number of nitrogens with zero attached hydrogens (tertiary/aromatic N) is 2. The monoisotopic (exact) mass is 194 g/mol. The van der Waals surface area contributed by atoms with E-state index < -0.39 is 0 Å². The van der Waals surface area contributed by atoms with Crippen LogP contribution < -0.4 is 0 Å². The van der Waals surface area contributed by atoms with E-state index in [4.69, 9.17) is 4.99 Å². The lowest BCUT2D eigenvalue weighted by molar-refractivity contribution is 0.346. The molecule has 0 spiro atoms. The van der Waals surface area contributed by atoms with Crippen molar-refractivity contribution < 1.29 is 0 Å². The number of hydrogen-bond acceptors (Lipinski definition) is 1. The Morgan fingerprint density at radius 3 is 2.21 bits per heavy atom. The third-order valence-electron chi connectivity index (χ3n) is 3.41. The van der Waals surface area contributed by atoms with Crippen molar-refractivity contribution in [2.75, 3.05) is 13.1 Å². The number of hydrogen-bond donors (Lipinski definition) is 0. The fourth-order valence-corrected chi connectivity index (χ4v) is 2.45. The summed E-state index contributed by atoms with van der Waals surface area (Å²) in [5.41, 5.74) is 0. The lowest BCUT2D eigenvalue weighted by atomic mass is 9.96. The Hall–Kier alpha value is -0.530. The predicted octanol–water partition coefficient (Wildman–Crippen LogP) is 2.83. The molecule has 0 unspecified atom stereocenters. The molecule has 0 N–H and O–H groups in total. The van der Waals surface area contributed by atoms with E-state index >= 15 is 0 Å². The quantitative estimate of drug-likeness (QED) is 0.487. The molecule has 2 heteroatoms. The van der Waals surface area contributed by atoms with Crippen LogP contribution in [0.3, 0.4) is 0 Å². The van der Waals surface area contributed by atoms with Gasteiger partial charge in [0.25, 0.3) is 0 Å². The maximum atomic E-state index is 4.71. The second kappa shape index (κ2) is 5.38. The van der Waals surface area contributed by atoms with Crippen LogP contribution in [-0.4, -0.2) is 30.4 Å². The van der Waals surface area contributed by atoms with E-state index in [0.29, 0.717) is 6.04 Å². The second-order valence-electron chi connectivity index (χ2n) is 4.65. The van der Waals surface area contributed by atoms with Crippen molar-refractivity contribution in [1.29, 1.82) is 0 Å². The summed E-state index contributed by atoms with van der Waals surface area (Å²) in [6.45, 7) is 2.46. The molecule has 0 radical (unpaired) electrons. The van der Waals surface area contributed by atoms with Gasteiger partial charge in [0.1, 0.15) is 0 Å². The first kappa shape index (κ1) is 10.0. The molecular formula is C12H22N2. The normalized spacial score (nSPS) is 25.9. The average Bonchev–Trinajstić information content (AvgIpc) is 2.29. The summed E-state index contributed by atoms with van der Waals surface area (Å²) in [5, 5.41) is 0. The Morgan fingerprint density at radius 1 is 0.857 bits per heavy atom. The molecule has 80 valence electrons. The van der Waals surface area contributed by atoms with Gasteiger partial charge in [-0.1, -0.05) is 19.3 Å². The SMILES string of the molecule is C(=NC1CCCCC1)N1CCCCC1. The number of likely N-dealkylation sites (tertiary alicyclic amines) is 1. The standard InChI is InChI=1S/C12H22N2/c1-3-7-12(8-4-1)13-11-14-9-5-2-6-10-14/h11-12H,1-10H2. The van der Waals surface area contributed by atoms with Crippen molar-refractivity contribution in [3.63, 3.8) is 0 Å². The Balaban J connectivity index is 1.73. The van der Waals surface area contributed by atoms with Gasteiger partial charge in [0.15, 0.2) is 0 Å². The van der Waals surface area contributed by atoms with Crippen LogP contribution in [0.1, 0.15) is 51.4 Å². The third kappa shape index (κ3) is 3.00. The zero-order chi connectivity index (χ0) is 9.64. The topological polar surface area (TPSA) is 15.6 Å². The number of rotatable bonds is 2. The second-order valence-corrected chi connectivity index (χ2v) is 4.65. The van der Waals surface area contributed by atoms with Crippen LogP contribution in [0.4, 0.5) is 0 Å². The van der Waals surface area contributed by atoms with E-state index in [9.17, 15) is 0 Å². The van der Waals surface area contributed by atoms with Gasteiger partial charge in [0.05, 0.1) is 12.4 Å². The highest BCUT2D eigenvalue weighted by Crippen LogP contribution is 2.20. The molecule has 0 atom stereocenters. The molecule has 0 amide bonds. The van der Waals surface area contributed by atoms with Gasteiger partial charge in [-0.25, -0.2) is 0 Å². The largest absolute Gasteiger partial charge is 0.363 e. The minimum atomic E-state index is 0.644. The number of aliphatic imine (C=N–C) groups is 1. The maximum absolute atomic E-state index is 4.71. The zero-order valence-electron chi connectivity index (χ0n) is 9.12. The van der Waals surface area contributed by atoms with Gasteiger partial charge in [0.2, 0.25) is 0 Å². The van der Waals surface area contributed by atoms with E-state index in [0.717, 1.165) is 0 Å². The van der Waals surface area contributed by atoms with Crippen molar-refractivity contribution in [3.05, 3.63) is 0 Å². The summed E-state index contributed by atoms with van der Waals surface area (Å²) in [5.74, 6) is 0. The van der Waals surface area contributed by atoms with E-state index in [2.05, 4.69) is 11.2 Å². The van der Waals surface area contributed by atoms with Crippen LogP contribution in [0.15, 0.2) is 4.99 Å². The summed E-state index contributed by atoms with van der Waals surface area (Å²) in [6.07, 6.45) is 13.1. The highest BCUT2D eigenvalue weighted by molar-refractivity contribution is 5.55. The molecule has 1 aliphatic heterocycles. The molecule has 2 fully saturated rings. The van der Waals surface area contributed by atoms with Gasteiger partial charge in [0, 0.05) is 13.1 Å². The van der Waals surface area contributed by atoms with Gasteiger partial charge >= 0.3 is 0 Å². The first-order valence-electron chi connectivity index (χ1n) is 6.22. The number of piperidine rings is 1. The Kier molecular flexibility index (Phi) is 3.84. The van der Waals surface area contributed by atoms with E-state index in [-0.39, 0.29) is 0 Å². The van der Waals surface area contributed by atoms with Crippen molar-refractivity contribution >= 4 is 6.34 Å². The van der Waals surface area contributed by atoms with Crippen LogP contribution in [-0.2, 0) is 0 Å². The third-order valence-corrected chi connectivity index (χ3v) is 3.41. The molecule has 2 rings (SSSR count).